The van der Waals surface area contributed by atoms with Crippen LogP contribution in [0.2, 0.25) is 0 Å². The van der Waals surface area contributed by atoms with Gasteiger partial charge in [0.15, 0.2) is 0 Å². The van der Waals surface area contributed by atoms with Crippen molar-refractivity contribution < 1.29 is 50.0 Å². The fraction of sp³-hybridized carbons (Fsp3) is 0.250. The van der Waals surface area contributed by atoms with Gasteiger partial charge in [0.25, 0.3) is 0 Å². The van der Waals surface area contributed by atoms with Gasteiger partial charge in [-0.2, -0.15) is 26.3 Å². The Labute approximate surface area is 340 Å². The lowest BCUT2D eigenvalue weighted by Gasteiger charge is -2.30. The van der Waals surface area contributed by atoms with Gasteiger partial charge in [0.05, 0.1) is 25.4 Å². The molecule has 308 valence electrons. The van der Waals surface area contributed by atoms with E-state index in [1.165, 1.54) is 0 Å². The van der Waals surface area contributed by atoms with Gasteiger partial charge in [-0.05, 0) is 110 Å². The summed E-state index contributed by atoms with van der Waals surface area (Å²) >= 11 is 0. The molecule has 0 saturated heterocycles. The molecule has 11 heteroatoms. The van der Waals surface area contributed by atoms with E-state index in [-0.39, 0.29) is 0 Å². The van der Waals surface area contributed by atoms with Crippen molar-refractivity contribution in [1.82, 2.24) is 0 Å². The van der Waals surface area contributed by atoms with Crippen LogP contribution in [0, 0.1) is 0 Å². The lowest BCUT2D eigenvalue weighted by molar-refractivity contribution is -0.153. The summed E-state index contributed by atoms with van der Waals surface area (Å²) in [6.07, 6.45) is -15.6. The van der Waals surface area contributed by atoms with E-state index in [9.17, 15) is 26.3 Å². The number of benzene rings is 6. The minimum absolute atomic E-state index is 0.308. The molecule has 0 spiro atoms. The Hall–Kier alpha value is -5.94. The third-order valence-electron chi connectivity index (χ3n) is 9.37. The average Bonchev–Trinajstić information content (AvgIpc) is 3.22. The largest absolute Gasteiger partial charge is 0.494 e. The predicted molar refractivity (Wildman–Crippen MR) is 216 cm³/mol. The van der Waals surface area contributed by atoms with Crippen LogP contribution < -0.4 is 18.9 Å². The lowest BCUT2D eigenvalue weighted by Crippen LogP contribution is -2.18. The van der Waals surface area contributed by atoms with E-state index in [1.54, 1.807) is 133 Å². The van der Waals surface area contributed by atoms with Crippen LogP contribution in [-0.4, -0.2) is 25.6 Å². The molecule has 0 aliphatic heterocycles. The van der Waals surface area contributed by atoms with Crippen molar-refractivity contribution in [2.75, 3.05) is 13.2 Å². The van der Waals surface area contributed by atoms with Crippen molar-refractivity contribution in [3.8, 4) is 56.8 Å². The van der Waals surface area contributed by atoms with Gasteiger partial charge in [-0.3, -0.25) is 0 Å². The number of para-hydroxylation sites is 2. The van der Waals surface area contributed by atoms with E-state index >= 15 is 0 Å². The second-order valence-corrected chi connectivity index (χ2v) is 13.6. The molecule has 0 saturated carbocycles. The summed E-state index contributed by atoms with van der Waals surface area (Å²) in [6, 6.07) is 41.7. The van der Waals surface area contributed by atoms with Crippen LogP contribution in [-0.2, 0) is 4.74 Å². The minimum Gasteiger partial charge on any atom is -0.494 e. The molecule has 0 radical (unpaired) electrons. The normalized spacial score (nSPS) is 12.7. The topological polar surface area (TPSA) is 46.2 Å². The van der Waals surface area contributed by atoms with E-state index in [2.05, 4.69) is 0 Å². The van der Waals surface area contributed by atoms with Gasteiger partial charge in [0, 0.05) is 24.0 Å². The first-order valence-corrected chi connectivity index (χ1v) is 19.4. The van der Waals surface area contributed by atoms with Crippen LogP contribution in [0.1, 0.15) is 62.9 Å². The number of hydrogen-bond acceptors (Lipinski definition) is 5. The molecular weight excluding hydrogens is 771 g/mol. The lowest BCUT2D eigenvalue weighted by atomic mass is 9.90. The van der Waals surface area contributed by atoms with Crippen molar-refractivity contribution in [2.45, 2.75) is 64.1 Å². The highest BCUT2D eigenvalue weighted by Gasteiger charge is 2.35. The smallest absolute Gasteiger partial charge is 0.389 e. The molecule has 2 atom stereocenters. The first-order valence-electron chi connectivity index (χ1n) is 19.4. The molecule has 0 heterocycles. The van der Waals surface area contributed by atoms with E-state index in [1.807, 2.05) is 26.0 Å². The number of ether oxygens (including phenoxy) is 5. The third-order valence-corrected chi connectivity index (χ3v) is 9.37. The summed E-state index contributed by atoms with van der Waals surface area (Å²) in [4.78, 5) is 0. The number of rotatable bonds is 18. The van der Waals surface area contributed by atoms with E-state index in [0.717, 1.165) is 0 Å². The van der Waals surface area contributed by atoms with Gasteiger partial charge in [0.2, 0.25) is 0 Å². The SMILES string of the molecule is CCOc1ccc(-c2c(Oc3ccccc3)cccc2C(CCC(F)(F)F)OC(CCC(F)(F)F)c2cccc(Oc3ccccc3)c2-c2ccc(OCC)cc2)cc1. The summed E-state index contributed by atoms with van der Waals surface area (Å²) in [6.45, 7) is 4.53. The van der Waals surface area contributed by atoms with Crippen LogP contribution in [0.3, 0.4) is 0 Å². The first kappa shape index (κ1) is 42.7. The van der Waals surface area contributed by atoms with Crippen molar-refractivity contribution in [3.05, 3.63) is 157 Å². The van der Waals surface area contributed by atoms with Crippen molar-refractivity contribution >= 4 is 0 Å². The molecule has 5 nitrogen and oxygen atoms in total. The fourth-order valence-corrected chi connectivity index (χ4v) is 6.80. The standard InChI is InChI=1S/C48H44F6O5/c1-3-55-35-25-21-33(22-26-35)45-39(17-11-19-43(45)57-37-13-7-5-8-14-37)41(29-31-47(49,50)51)59-42(30-32-48(52,53)54)40-18-12-20-44(58-38-15-9-6-10-16-38)46(40)34-23-27-36(28-24-34)56-4-2/h5-28,41-42H,3-4,29-32H2,1-2H3. The Morgan fingerprint density at radius 1 is 0.424 bits per heavy atom. The molecule has 0 fully saturated rings. The summed E-state index contributed by atoms with van der Waals surface area (Å²) in [5.74, 6) is 2.74. The Kier molecular flexibility index (Phi) is 14.2. The van der Waals surface area contributed by atoms with Gasteiger partial charge in [-0.25, -0.2) is 0 Å². The predicted octanol–water partition coefficient (Wildman–Crippen LogP) is 14.9. The maximum absolute atomic E-state index is 14.2. The van der Waals surface area contributed by atoms with Crippen molar-refractivity contribution in [3.63, 3.8) is 0 Å². The highest BCUT2D eigenvalue weighted by Crippen LogP contribution is 2.48. The molecule has 0 aliphatic carbocycles. The second-order valence-electron chi connectivity index (χ2n) is 13.6. The molecule has 59 heavy (non-hydrogen) atoms. The van der Waals surface area contributed by atoms with Gasteiger partial charge < -0.3 is 23.7 Å². The highest BCUT2D eigenvalue weighted by atomic mass is 19.4. The van der Waals surface area contributed by atoms with E-state index in [0.29, 0.717) is 81.1 Å². The molecule has 6 aromatic rings. The van der Waals surface area contributed by atoms with Crippen LogP contribution >= 0.6 is 0 Å². The molecule has 0 aliphatic rings. The zero-order chi connectivity index (χ0) is 41.8. The molecule has 6 aromatic carbocycles. The zero-order valence-electron chi connectivity index (χ0n) is 32.6. The Morgan fingerprint density at radius 3 is 1.14 bits per heavy atom. The molecule has 0 N–H and O–H groups in total. The fourth-order valence-electron chi connectivity index (χ4n) is 6.80. The maximum atomic E-state index is 14.2. The zero-order valence-corrected chi connectivity index (χ0v) is 32.6. The Morgan fingerprint density at radius 2 is 0.797 bits per heavy atom. The van der Waals surface area contributed by atoms with Gasteiger partial charge in [-0.15, -0.1) is 0 Å². The molecule has 0 bridgehead atoms. The van der Waals surface area contributed by atoms with E-state index in [4.69, 9.17) is 23.7 Å². The van der Waals surface area contributed by atoms with Crippen LogP contribution in [0.5, 0.6) is 34.5 Å². The Bertz CT molecular complexity index is 2050. The van der Waals surface area contributed by atoms with Gasteiger partial charge >= 0.3 is 12.4 Å². The van der Waals surface area contributed by atoms with Crippen LogP contribution in [0.25, 0.3) is 22.3 Å². The van der Waals surface area contributed by atoms with Crippen molar-refractivity contribution in [1.29, 1.82) is 0 Å². The Balaban J connectivity index is 1.53. The number of hydrogen-bond donors (Lipinski definition) is 0. The monoisotopic (exact) mass is 814 g/mol. The molecule has 0 aromatic heterocycles. The molecular formula is C48H44F6O5. The number of alkyl halides is 6. The summed E-state index contributed by atoms with van der Waals surface area (Å²) < 4.78 is 116. The first-order chi connectivity index (χ1) is 28.4. The number of halogens is 6. The van der Waals surface area contributed by atoms with E-state index < -0.39 is 50.2 Å². The van der Waals surface area contributed by atoms with Gasteiger partial charge in [-0.1, -0.05) is 84.9 Å². The summed E-state index contributed by atoms with van der Waals surface area (Å²) in [5, 5.41) is 0. The summed E-state index contributed by atoms with van der Waals surface area (Å²) in [7, 11) is 0. The van der Waals surface area contributed by atoms with Crippen LogP contribution in [0.15, 0.2) is 146 Å². The maximum Gasteiger partial charge on any atom is 0.389 e. The molecule has 0 amide bonds. The highest BCUT2D eigenvalue weighted by molar-refractivity contribution is 5.77. The second kappa shape index (κ2) is 19.7. The average molecular weight is 815 g/mol. The molecule has 2 unspecified atom stereocenters. The van der Waals surface area contributed by atoms with Crippen LogP contribution in [0.4, 0.5) is 26.3 Å². The third kappa shape index (κ3) is 12.0. The molecule has 6 rings (SSSR count). The minimum atomic E-state index is -4.60. The summed E-state index contributed by atoms with van der Waals surface area (Å²) in [5.41, 5.74) is 2.63. The quantitative estimate of drug-likeness (QED) is 0.0809. The van der Waals surface area contributed by atoms with Gasteiger partial charge in [0.1, 0.15) is 34.5 Å². The van der Waals surface area contributed by atoms with Crippen molar-refractivity contribution in [2.24, 2.45) is 0 Å².